The number of nitrogens with zero attached hydrogens (tertiary/aromatic N) is 1. The second-order valence-corrected chi connectivity index (χ2v) is 6.75. The molecule has 0 atom stereocenters. The SMILES string of the molecule is CCN(CC(=O)NCc1ccc(F)cc1)Cc1sccc1Br. The third-order valence-corrected chi connectivity index (χ3v) is 5.19. The van der Waals surface area contributed by atoms with Gasteiger partial charge in [0.25, 0.3) is 0 Å². The van der Waals surface area contributed by atoms with Gasteiger partial charge < -0.3 is 5.32 Å². The van der Waals surface area contributed by atoms with Crippen molar-refractivity contribution in [3.8, 4) is 0 Å². The molecule has 0 aliphatic rings. The van der Waals surface area contributed by atoms with Crippen LogP contribution in [0.5, 0.6) is 0 Å². The Labute approximate surface area is 142 Å². The van der Waals surface area contributed by atoms with Crippen molar-refractivity contribution in [2.24, 2.45) is 0 Å². The van der Waals surface area contributed by atoms with Crippen LogP contribution in [0.25, 0.3) is 0 Å². The second kappa shape index (κ2) is 8.41. The van der Waals surface area contributed by atoms with Crippen molar-refractivity contribution in [1.82, 2.24) is 10.2 Å². The zero-order valence-electron chi connectivity index (χ0n) is 12.3. The minimum atomic E-state index is -0.270. The first kappa shape index (κ1) is 17.1. The van der Waals surface area contributed by atoms with Crippen LogP contribution in [-0.2, 0) is 17.9 Å². The number of thiophene rings is 1. The Bertz CT molecular complexity index is 615. The van der Waals surface area contributed by atoms with Crippen LogP contribution in [0.15, 0.2) is 40.2 Å². The quantitative estimate of drug-likeness (QED) is 0.787. The van der Waals surface area contributed by atoms with Crippen LogP contribution in [0, 0.1) is 5.82 Å². The molecular formula is C16H18BrFN2OS. The van der Waals surface area contributed by atoms with Crippen molar-refractivity contribution in [3.63, 3.8) is 0 Å². The van der Waals surface area contributed by atoms with Gasteiger partial charge in [0, 0.05) is 22.4 Å². The van der Waals surface area contributed by atoms with E-state index in [1.54, 1.807) is 23.5 Å². The van der Waals surface area contributed by atoms with E-state index in [2.05, 4.69) is 26.1 Å². The molecule has 0 saturated carbocycles. The molecule has 0 aliphatic carbocycles. The van der Waals surface area contributed by atoms with E-state index in [1.807, 2.05) is 18.4 Å². The van der Waals surface area contributed by atoms with Crippen LogP contribution in [0.1, 0.15) is 17.4 Å². The first-order valence-corrected chi connectivity index (χ1v) is 8.71. The molecule has 1 heterocycles. The van der Waals surface area contributed by atoms with E-state index in [4.69, 9.17) is 0 Å². The highest BCUT2D eigenvalue weighted by Gasteiger charge is 2.12. The van der Waals surface area contributed by atoms with Gasteiger partial charge in [0.15, 0.2) is 0 Å². The molecular weight excluding hydrogens is 367 g/mol. The van der Waals surface area contributed by atoms with Gasteiger partial charge in [0.05, 0.1) is 6.54 Å². The second-order valence-electron chi connectivity index (χ2n) is 4.90. The summed E-state index contributed by atoms with van der Waals surface area (Å²) in [6.45, 7) is 4.35. The summed E-state index contributed by atoms with van der Waals surface area (Å²) in [5.74, 6) is -0.299. The molecule has 1 aromatic heterocycles. The largest absolute Gasteiger partial charge is 0.351 e. The van der Waals surface area contributed by atoms with Crippen molar-refractivity contribution < 1.29 is 9.18 Å². The number of amides is 1. The molecule has 0 bridgehead atoms. The van der Waals surface area contributed by atoms with Gasteiger partial charge in [-0.15, -0.1) is 11.3 Å². The molecule has 0 spiro atoms. The lowest BCUT2D eigenvalue weighted by atomic mass is 10.2. The highest BCUT2D eigenvalue weighted by atomic mass is 79.9. The molecule has 0 fully saturated rings. The molecule has 2 aromatic rings. The van der Waals surface area contributed by atoms with Gasteiger partial charge in [-0.2, -0.15) is 0 Å². The van der Waals surface area contributed by atoms with E-state index in [9.17, 15) is 9.18 Å². The topological polar surface area (TPSA) is 32.3 Å². The van der Waals surface area contributed by atoms with E-state index in [0.29, 0.717) is 13.1 Å². The Balaban J connectivity index is 1.81. The van der Waals surface area contributed by atoms with Gasteiger partial charge >= 0.3 is 0 Å². The van der Waals surface area contributed by atoms with Crippen LogP contribution in [-0.4, -0.2) is 23.9 Å². The Hall–Kier alpha value is -1.24. The summed E-state index contributed by atoms with van der Waals surface area (Å²) < 4.78 is 13.9. The Kier molecular flexibility index (Phi) is 6.54. The summed E-state index contributed by atoms with van der Waals surface area (Å²) in [5, 5.41) is 4.90. The van der Waals surface area contributed by atoms with E-state index in [-0.39, 0.29) is 11.7 Å². The zero-order chi connectivity index (χ0) is 15.9. The number of nitrogens with one attached hydrogen (secondary N) is 1. The summed E-state index contributed by atoms with van der Waals surface area (Å²) in [7, 11) is 0. The molecule has 118 valence electrons. The van der Waals surface area contributed by atoms with Crippen molar-refractivity contribution >= 4 is 33.2 Å². The molecule has 1 N–H and O–H groups in total. The smallest absolute Gasteiger partial charge is 0.234 e. The average molecular weight is 385 g/mol. The van der Waals surface area contributed by atoms with Crippen molar-refractivity contribution in [2.45, 2.75) is 20.0 Å². The third kappa shape index (κ3) is 5.19. The minimum Gasteiger partial charge on any atom is -0.351 e. The summed E-state index contributed by atoms with van der Waals surface area (Å²) in [6, 6.07) is 8.16. The van der Waals surface area contributed by atoms with E-state index >= 15 is 0 Å². The summed E-state index contributed by atoms with van der Waals surface area (Å²) >= 11 is 5.19. The molecule has 0 aliphatic heterocycles. The van der Waals surface area contributed by atoms with Crippen LogP contribution in [0.3, 0.4) is 0 Å². The predicted octanol–water partition coefficient (Wildman–Crippen LogP) is 3.79. The lowest BCUT2D eigenvalue weighted by Gasteiger charge is -2.19. The fraction of sp³-hybridized carbons (Fsp3) is 0.312. The van der Waals surface area contributed by atoms with Gasteiger partial charge in [0.1, 0.15) is 5.82 Å². The lowest BCUT2D eigenvalue weighted by molar-refractivity contribution is -0.122. The number of carbonyl (C=O) groups excluding carboxylic acids is 1. The third-order valence-electron chi connectivity index (χ3n) is 3.28. The van der Waals surface area contributed by atoms with Crippen LogP contribution < -0.4 is 5.32 Å². The van der Waals surface area contributed by atoms with Crippen molar-refractivity contribution in [3.05, 3.63) is 56.4 Å². The van der Waals surface area contributed by atoms with Crippen LogP contribution in [0.4, 0.5) is 4.39 Å². The fourth-order valence-electron chi connectivity index (χ4n) is 1.98. The maximum Gasteiger partial charge on any atom is 0.234 e. The van der Waals surface area contributed by atoms with E-state index in [0.717, 1.165) is 23.1 Å². The normalized spacial score (nSPS) is 10.9. The van der Waals surface area contributed by atoms with Gasteiger partial charge in [0.2, 0.25) is 5.91 Å². The van der Waals surface area contributed by atoms with Gasteiger partial charge in [-0.1, -0.05) is 19.1 Å². The summed E-state index contributed by atoms with van der Waals surface area (Å²) in [5.41, 5.74) is 0.888. The van der Waals surface area contributed by atoms with E-state index < -0.39 is 0 Å². The molecule has 2 rings (SSSR count). The zero-order valence-corrected chi connectivity index (χ0v) is 14.7. The Morgan fingerprint density at radius 3 is 2.64 bits per heavy atom. The molecule has 0 saturated heterocycles. The first-order valence-electron chi connectivity index (χ1n) is 7.04. The fourth-order valence-corrected chi connectivity index (χ4v) is 3.50. The number of halogens is 2. The first-order chi connectivity index (χ1) is 10.6. The van der Waals surface area contributed by atoms with E-state index in [1.165, 1.54) is 17.0 Å². The molecule has 6 heteroatoms. The lowest BCUT2D eigenvalue weighted by Crippen LogP contribution is -2.36. The van der Waals surface area contributed by atoms with Crippen LogP contribution >= 0.6 is 27.3 Å². The monoisotopic (exact) mass is 384 g/mol. The number of carbonyl (C=O) groups is 1. The molecule has 0 unspecified atom stereocenters. The number of benzene rings is 1. The molecule has 1 aromatic carbocycles. The highest BCUT2D eigenvalue weighted by Crippen LogP contribution is 2.23. The maximum atomic E-state index is 12.8. The number of rotatable bonds is 7. The van der Waals surface area contributed by atoms with Crippen molar-refractivity contribution in [2.75, 3.05) is 13.1 Å². The number of hydrogen-bond acceptors (Lipinski definition) is 3. The summed E-state index contributed by atoms with van der Waals surface area (Å²) in [4.78, 5) is 15.3. The maximum absolute atomic E-state index is 12.8. The standard InChI is InChI=1S/C16H18BrFN2OS/c1-2-20(10-15-14(17)7-8-22-15)11-16(21)19-9-12-3-5-13(18)6-4-12/h3-8H,2,9-11H2,1H3,(H,19,21). The highest BCUT2D eigenvalue weighted by molar-refractivity contribution is 9.10. The molecule has 3 nitrogen and oxygen atoms in total. The van der Waals surface area contributed by atoms with Crippen molar-refractivity contribution in [1.29, 1.82) is 0 Å². The van der Waals surface area contributed by atoms with Gasteiger partial charge in [-0.3, -0.25) is 9.69 Å². The van der Waals surface area contributed by atoms with Gasteiger partial charge in [-0.05, 0) is 51.6 Å². The Morgan fingerprint density at radius 1 is 1.32 bits per heavy atom. The molecule has 0 radical (unpaired) electrons. The van der Waals surface area contributed by atoms with Gasteiger partial charge in [-0.25, -0.2) is 4.39 Å². The molecule has 22 heavy (non-hydrogen) atoms. The minimum absolute atomic E-state index is 0.0288. The molecule has 1 amide bonds. The Morgan fingerprint density at radius 2 is 2.05 bits per heavy atom. The average Bonchev–Trinajstić information content (AvgIpc) is 2.91. The summed E-state index contributed by atoms with van der Waals surface area (Å²) in [6.07, 6.45) is 0. The predicted molar refractivity (Wildman–Crippen MR) is 91.2 cm³/mol. The number of likely N-dealkylation sites (N-methyl/N-ethyl adjacent to an activating group) is 1. The van der Waals surface area contributed by atoms with Crippen LogP contribution in [0.2, 0.25) is 0 Å². The number of hydrogen-bond donors (Lipinski definition) is 1.